The van der Waals surface area contributed by atoms with E-state index in [0.29, 0.717) is 19.6 Å². The van der Waals surface area contributed by atoms with E-state index in [4.69, 9.17) is 4.74 Å². The van der Waals surface area contributed by atoms with Gasteiger partial charge in [-0.15, -0.1) is 0 Å². The smallest absolute Gasteiger partial charge is 0.375 e. The first-order chi connectivity index (χ1) is 10.0. The Morgan fingerprint density at radius 3 is 2.76 bits per heavy atom. The van der Waals surface area contributed by atoms with Gasteiger partial charge in [0.05, 0.1) is 25.2 Å². The predicted molar refractivity (Wildman–Crippen MR) is 73.8 cm³/mol. The minimum atomic E-state index is -4.07. The molecule has 3 rings (SSSR count). The van der Waals surface area contributed by atoms with E-state index in [2.05, 4.69) is 5.32 Å². The molecule has 1 saturated carbocycles. The number of hydrogen-bond acceptors (Lipinski definition) is 2. The molecule has 1 aliphatic heterocycles. The number of fused-ring (bicyclic) bond motifs is 1. The summed E-state index contributed by atoms with van der Waals surface area (Å²) in [6, 6.07) is 7.92. The molecule has 1 aliphatic carbocycles. The highest BCUT2D eigenvalue weighted by molar-refractivity contribution is 5.31. The fraction of sp³-hybridized carbons (Fsp3) is 0.625. The van der Waals surface area contributed by atoms with E-state index in [1.165, 1.54) is 0 Å². The Bertz CT molecular complexity index is 489. The van der Waals surface area contributed by atoms with Crippen LogP contribution in [0.15, 0.2) is 24.3 Å². The molecule has 0 amide bonds. The van der Waals surface area contributed by atoms with Gasteiger partial charge in [0.15, 0.2) is 0 Å². The second kappa shape index (κ2) is 5.97. The van der Waals surface area contributed by atoms with E-state index in [-0.39, 0.29) is 24.9 Å². The lowest BCUT2D eigenvalue weighted by molar-refractivity contribution is -0.184. The number of nitrogens with one attached hydrogen (secondary N) is 1. The molecular formula is C16H20F3NO. The summed E-state index contributed by atoms with van der Waals surface area (Å²) in [6.45, 7) is 1.12. The number of rotatable bonds is 2. The van der Waals surface area contributed by atoms with Crippen LogP contribution in [0.5, 0.6) is 0 Å². The second-order valence-corrected chi connectivity index (χ2v) is 6.04. The van der Waals surface area contributed by atoms with Crippen molar-refractivity contribution in [1.82, 2.24) is 5.32 Å². The predicted octanol–water partition coefficient (Wildman–Crippen LogP) is 3.97. The highest BCUT2D eigenvalue weighted by Gasteiger charge is 2.42. The molecular weight excluding hydrogens is 279 g/mol. The van der Waals surface area contributed by atoms with Crippen LogP contribution in [0.1, 0.15) is 42.9 Å². The third kappa shape index (κ3) is 3.40. The Morgan fingerprint density at radius 2 is 1.95 bits per heavy atom. The minimum absolute atomic E-state index is 0.00642. The summed E-state index contributed by atoms with van der Waals surface area (Å²) in [5, 5.41) is 3.39. The van der Waals surface area contributed by atoms with Gasteiger partial charge in [0, 0.05) is 6.04 Å². The van der Waals surface area contributed by atoms with E-state index in [0.717, 1.165) is 17.5 Å². The van der Waals surface area contributed by atoms with Crippen molar-refractivity contribution in [1.29, 1.82) is 0 Å². The molecule has 0 spiro atoms. The van der Waals surface area contributed by atoms with Crippen molar-refractivity contribution < 1.29 is 17.9 Å². The van der Waals surface area contributed by atoms with Gasteiger partial charge in [-0.3, -0.25) is 0 Å². The number of ether oxygens (including phenoxy) is 1. The lowest BCUT2D eigenvalue weighted by Gasteiger charge is -2.35. The Morgan fingerprint density at radius 1 is 1.14 bits per heavy atom. The van der Waals surface area contributed by atoms with Crippen molar-refractivity contribution in [3.8, 4) is 0 Å². The topological polar surface area (TPSA) is 21.3 Å². The van der Waals surface area contributed by atoms with Crippen molar-refractivity contribution in [2.45, 2.75) is 50.6 Å². The van der Waals surface area contributed by atoms with Crippen molar-refractivity contribution in [3.63, 3.8) is 0 Å². The first-order valence-corrected chi connectivity index (χ1v) is 7.52. The van der Waals surface area contributed by atoms with Crippen LogP contribution in [0, 0.1) is 5.92 Å². The molecule has 0 saturated heterocycles. The van der Waals surface area contributed by atoms with E-state index in [1.807, 2.05) is 24.3 Å². The van der Waals surface area contributed by atoms with Crippen LogP contribution < -0.4 is 5.32 Å². The van der Waals surface area contributed by atoms with Crippen molar-refractivity contribution in [3.05, 3.63) is 35.4 Å². The second-order valence-electron chi connectivity index (χ2n) is 6.04. The summed E-state index contributed by atoms with van der Waals surface area (Å²) >= 11 is 0. The zero-order valence-corrected chi connectivity index (χ0v) is 11.8. The zero-order valence-electron chi connectivity index (χ0n) is 11.8. The van der Waals surface area contributed by atoms with Crippen LogP contribution in [-0.2, 0) is 11.3 Å². The lowest BCUT2D eigenvalue weighted by Crippen LogP contribution is -2.42. The van der Waals surface area contributed by atoms with Crippen LogP contribution in [0.2, 0.25) is 0 Å². The molecule has 1 N–H and O–H groups in total. The van der Waals surface area contributed by atoms with Crippen LogP contribution >= 0.6 is 0 Å². The molecule has 3 atom stereocenters. The minimum Gasteiger partial charge on any atom is -0.375 e. The van der Waals surface area contributed by atoms with Crippen molar-refractivity contribution in [2.75, 3.05) is 6.61 Å². The molecule has 3 unspecified atom stereocenters. The standard InChI is InChI=1S/C16H20F3NO/c17-16(18,19)12-5-3-6-13(8-12)20-15-10-21-9-11-4-1-2-7-14(11)15/h1-2,4,7,12-13,15,20H,3,5-6,8-10H2. The molecule has 1 fully saturated rings. The summed E-state index contributed by atoms with van der Waals surface area (Å²) in [5.41, 5.74) is 2.29. The van der Waals surface area contributed by atoms with Crippen LogP contribution in [-0.4, -0.2) is 18.8 Å². The Balaban J connectivity index is 1.67. The average molecular weight is 299 g/mol. The summed E-state index contributed by atoms with van der Waals surface area (Å²) in [5.74, 6) is -1.16. The van der Waals surface area contributed by atoms with Gasteiger partial charge in [0.2, 0.25) is 0 Å². The van der Waals surface area contributed by atoms with Crippen molar-refractivity contribution in [2.24, 2.45) is 5.92 Å². The van der Waals surface area contributed by atoms with E-state index >= 15 is 0 Å². The molecule has 5 heteroatoms. The fourth-order valence-electron chi connectivity index (χ4n) is 3.44. The number of hydrogen-bond donors (Lipinski definition) is 1. The van der Waals surface area contributed by atoms with Gasteiger partial charge in [-0.2, -0.15) is 13.2 Å². The van der Waals surface area contributed by atoms with Gasteiger partial charge < -0.3 is 10.1 Å². The Hall–Kier alpha value is -1.07. The van der Waals surface area contributed by atoms with E-state index in [9.17, 15) is 13.2 Å². The largest absolute Gasteiger partial charge is 0.391 e. The molecule has 0 bridgehead atoms. The maximum Gasteiger partial charge on any atom is 0.391 e. The first-order valence-electron chi connectivity index (χ1n) is 7.52. The van der Waals surface area contributed by atoms with E-state index < -0.39 is 12.1 Å². The Labute approximate surface area is 122 Å². The van der Waals surface area contributed by atoms with Gasteiger partial charge in [0.1, 0.15) is 0 Å². The summed E-state index contributed by atoms with van der Waals surface area (Å²) in [4.78, 5) is 0. The molecule has 21 heavy (non-hydrogen) atoms. The molecule has 1 heterocycles. The maximum absolute atomic E-state index is 12.9. The molecule has 1 aromatic carbocycles. The van der Waals surface area contributed by atoms with Gasteiger partial charge in [-0.05, 0) is 30.4 Å². The molecule has 116 valence electrons. The summed E-state index contributed by atoms with van der Waals surface area (Å²) < 4.78 is 44.2. The van der Waals surface area contributed by atoms with Gasteiger partial charge in [-0.25, -0.2) is 0 Å². The lowest BCUT2D eigenvalue weighted by atomic mass is 9.84. The normalized spacial score (nSPS) is 30.0. The summed E-state index contributed by atoms with van der Waals surface area (Å²) in [6.07, 6.45) is -2.18. The molecule has 0 aromatic heterocycles. The number of benzene rings is 1. The maximum atomic E-state index is 12.9. The Kier molecular flexibility index (Phi) is 4.22. The third-order valence-electron chi connectivity index (χ3n) is 4.55. The summed E-state index contributed by atoms with van der Waals surface area (Å²) in [7, 11) is 0. The third-order valence-corrected chi connectivity index (χ3v) is 4.55. The van der Waals surface area contributed by atoms with Crippen molar-refractivity contribution >= 4 is 0 Å². The molecule has 2 aliphatic rings. The van der Waals surface area contributed by atoms with Crippen LogP contribution in [0.25, 0.3) is 0 Å². The van der Waals surface area contributed by atoms with Crippen LogP contribution in [0.4, 0.5) is 13.2 Å². The fourth-order valence-corrected chi connectivity index (χ4v) is 3.44. The highest BCUT2D eigenvalue weighted by Crippen LogP contribution is 2.38. The number of alkyl halides is 3. The highest BCUT2D eigenvalue weighted by atomic mass is 19.4. The number of halogens is 3. The van der Waals surface area contributed by atoms with Gasteiger partial charge in [-0.1, -0.05) is 30.7 Å². The quantitative estimate of drug-likeness (QED) is 0.892. The molecule has 0 radical (unpaired) electrons. The SMILES string of the molecule is FC(F)(F)C1CCCC(NC2COCc3ccccc32)C1. The monoisotopic (exact) mass is 299 g/mol. The molecule has 2 nitrogen and oxygen atoms in total. The zero-order chi connectivity index (χ0) is 14.9. The van der Waals surface area contributed by atoms with Gasteiger partial charge in [0.25, 0.3) is 0 Å². The van der Waals surface area contributed by atoms with Crippen LogP contribution in [0.3, 0.4) is 0 Å². The van der Waals surface area contributed by atoms with E-state index in [1.54, 1.807) is 0 Å². The van der Waals surface area contributed by atoms with Gasteiger partial charge >= 0.3 is 6.18 Å². The molecule has 1 aromatic rings. The average Bonchev–Trinajstić information content (AvgIpc) is 2.47. The first kappa shape index (κ1) is 14.9.